The van der Waals surface area contributed by atoms with Gasteiger partial charge < -0.3 is 0 Å². The molecule has 0 aromatic heterocycles. The van der Waals surface area contributed by atoms with E-state index >= 15 is 0 Å². The van der Waals surface area contributed by atoms with Gasteiger partial charge in [0, 0.05) is 30.4 Å². The Morgan fingerprint density at radius 2 is 1.52 bits per heavy atom. The summed E-state index contributed by atoms with van der Waals surface area (Å²) in [6.45, 7) is 8.43. The lowest BCUT2D eigenvalue weighted by Gasteiger charge is -2.33. The van der Waals surface area contributed by atoms with Crippen molar-refractivity contribution >= 4 is 13.8 Å². The van der Waals surface area contributed by atoms with Crippen LogP contribution in [-0.2, 0) is 4.57 Å². The Hall–Kier alpha value is -1.03. The van der Waals surface area contributed by atoms with Gasteiger partial charge in [-0.05, 0) is 58.2 Å². The van der Waals surface area contributed by atoms with Crippen LogP contribution in [-0.4, -0.2) is 39.7 Å². The van der Waals surface area contributed by atoms with Crippen LogP contribution >= 0.6 is 7.59 Å². The predicted octanol–water partition coefficient (Wildman–Crippen LogP) is 5.10. The maximum Gasteiger partial charge on any atom is 0.330 e. The summed E-state index contributed by atoms with van der Waals surface area (Å²) in [6.07, 6.45) is 6.21. The van der Waals surface area contributed by atoms with Crippen LogP contribution in [0.3, 0.4) is 0 Å². The van der Waals surface area contributed by atoms with Gasteiger partial charge in [0.2, 0.25) is 0 Å². The molecule has 6 heteroatoms. The van der Waals surface area contributed by atoms with Crippen LogP contribution in [0.4, 0.5) is 4.39 Å². The van der Waals surface area contributed by atoms with Crippen LogP contribution in [0.2, 0.25) is 0 Å². The van der Waals surface area contributed by atoms with E-state index in [9.17, 15) is 8.96 Å². The second-order valence-electron chi connectivity index (χ2n) is 7.68. The highest BCUT2D eigenvalue weighted by molar-refractivity contribution is 7.58. The molecule has 1 saturated heterocycles. The third-order valence-corrected chi connectivity index (χ3v) is 8.40. The van der Waals surface area contributed by atoms with Gasteiger partial charge in [0.25, 0.3) is 0 Å². The van der Waals surface area contributed by atoms with Gasteiger partial charge in [-0.2, -0.15) is 0 Å². The molecule has 1 saturated carbocycles. The summed E-state index contributed by atoms with van der Waals surface area (Å²) in [6, 6.07) is 7.13. The van der Waals surface area contributed by atoms with Crippen LogP contribution in [0.15, 0.2) is 29.0 Å². The molecule has 0 unspecified atom stereocenters. The van der Waals surface area contributed by atoms with E-state index < -0.39 is 7.59 Å². The summed E-state index contributed by atoms with van der Waals surface area (Å²) < 4.78 is 36.2. The molecule has 4 nitrogen and oxygen atoms in total. The van der Waals surface area contributed by atoms with Crippen molar-refractivity contribution < 1.29 is 8.96 Å². The molecule has 1 aliphatic carbocycles. The standard InChI is InChI=1S/C19H29FN3OP/c1-14(2)22-18-7-5-6-8-19(18)23(15(3)4)25(22,24)21-13-16-9-11-17(20)12-10-16/h9-15,18-19H,5-8H2,1-4H3/b21-13+/t18-,19-/m1/s1. The molecular formula is C19H29FN3OP. The number of nitrogens with zero attached hydrogens (tertiary/aromatic N) is 3. The van der Waals surface area contributed by atoms with Gasteiger partial charge in [0.1, 0.15) is 5.82 Å². The van der Waals surface area contributed by atoms with Crippen LogP contribution < -0.4 is 0 Å². The topological polar surface area (TPSA) is 35.9 Å². The fraction of sp³-hybridized carbons (Fsp3) is 0.632. The Morgan fingerprint density at radius 3 is 1.96 bits per heavy atom. The molecule has 0 N–H and O–H groups in total. The lowest BCUT2D eigenvalue weighted by atomic mass is 9.89. The van der Waals surface area contributed by atoms with Gasteiger partial charge in [-0.1, -0.05) is 25.0 Å². The van der Waals surface area contributed by atoms with E-state index in [1.54, 1.807) is 18.3 Å². The summed E-state index contributed by atoms with van der Waals surface area (Å²) in [5.74, 6) is -0.275. The normalized spacial score (nSPS) is 27.5. The zero-order valence-electron chi connectivity index (χ0n) is 15.6. The van der Waals surface area contributed by atoms with Gasteiger partial charge in [-0.25, -0.2) is 18.5 Å². The molecule has 0 amide bonds. The van der Waals surface area contributed by atoms with E-state index in [-0.39, 0.29) is 17.9 Å². The Morgan fingerprint density at radius 1 is 1.04 bits per heavy atom. The number of halogens is 1. The second kappa shape index (κ2) is 7.30. The third kappa shape index (κ3) is 3.47. The molecule has 2 aliphatic rings. The molecular weight excluding hydrogens is 336 g/mol. The number of benzene rings is 1. The van der Waals surface area contributed by atoms with E-state index in [1.807, 2.05) is 0 Å². The van der Waals surface area contributed by atoms with E-state index in [0.717, 1.165) is 18.4 Å². The van der Waals surface area contributed by atoms with E-state index in [0.29, 0.717) is 12.1 Å². The van der Waals surface area contributed by atoms with Crippen molar-refractivity contribution in [2.75, 3.05) is 0 Å². The van der Waals surface area contributed by atoms with Gasteiger partial charge >= 0.3 is 7.59 Å². The average Bonchev–Trinajstić information content (AvgIpc) is 2.83. The molecule has 3 rings (SSSR count). The fourth-order valence-electron chi connectivity index (χ4n) is 4.39. The summed E-state index contributed by atoms with van der Waals surface area (Å²) in [7, 11) is -3.04. The zero-order chi connectivity index (χ0) is 18.2. The van der Waals surface area contributed by atoms with Crippen molar-refractivity contribution in [3.05, 3.63) is 35.6 Å². The lowest BCUT2D eigenvalue weighted by Crippen LogP contribution is -2.43. The lowest BCUT2D eigenvalue weighted by molar-refractivity contribution is 0.173. The Bertz CT molecular complexity index is 646. The average molecular weight is 365 g/mol. The first-order valence-electron chi connectivity index (χ1n) is 9.33. The van der Waals surface area contributed by atoms with Crippen molar-refractivity contribution in [3.8, 4) is 0 Å². The van der Waals surface area contributed by atoms with Crippen molar-refractivity contribution in [1.29, 1.82) is 0 Å². The molecule has 1 aromatic carbocycles. The minimum atomic E-state index is -3.04. The maximum atomic E-state index is 14.1. The quantitative estimate of drug-likeness (QED) is 0.550. The zero-order valence-corrected chi connectivity index (χ0v) is 16.5. The van der Waals surface area contributed by atoms with E-state index in [1.165, 1.54) is 25.0 Å². The Labute approximate surface area is 150 Å². The molecule has 2 atom stereocenters. The molecule has 0 bridgehead atoms. The van der Waals surface area contributed by atoms with Crippen molar-refractivity contribution in [1.82, 2.24) is 9.34 Å². The van der Waals surface area contributed by atoms with Crippen LogP contribution in [0.1, 0.15) is 58.9 Å². The van der Waals surface area contributed by atoms with Crippen molar-refractivity contribution in [2.24, 2.45) is 4.76 Å². The highest BCUT2D eigenvalue weighted by Gasteiger charge is 2.56. The SMILES string of the molecule is CC(C)N1[C@@H]2CCCC[C@H]2N(C(C)C)P1(=O)/N=C/c1ccc(F)cc1. The van der Waals surface area contributed by atoms with Gasteiger partial charge in [-0.15, -0.1) is 0 Å². The monoisotopic (exact) mass is 365 g/mol. The Balaban J connectivity index is 2.01. The molecule has 138 valence electrons. The minimum Gasteiger partial charge on any atom is -0.262 e. The van der Waals surface area contributed by atoms with Crippen LogP contribution in [0.5, 0.6) is 0 Å². The van der Waals surface area contributed by atoms with Gasteiger partial charge in [0.05, 0.1) is 0 Å². The second-order valence-corrected chi connectivity index (χ2v) is 9.86. The van der Waals surface area contributed by atoms with Crippen molar-refractivity contribution in [3.63, 3.8) is 0 Å². The summed E-state index contributed by atoms with van der Waals surface area (Å²) >= 11 is 0. The first-order chi connectivity index (χ1) is 11.8. The summed E-state index contributed by atoms with van der Waals surface area (Å²) in [4.78, 5) is 0. The first-order valence-corrected chi connectivity index (χ1v) is 10.9. The number of rotatable bonds is 4. The number of fused-ring (bicyclic) bond motifs is 1. The molecule has 1 aliphatic heterocycles. The van der Waals surface area contributed by atoms with E-state index in [2.05, 4.69) is 41.8 Å². The maximum absolute atomic E-state index is 14.1. The number of hydrogen-bond acceptors (Lipinski definition) is 1. The predicted molar refractivity (Wildman–Crippen MR) is 102 cm³/mol. The molecule has 1 aromatic rings. The highest BCUT2D eigenvalue weighted by Crippen LogP contribution is 2.66. The molecule has 2 fully saturated rings. The summed E-state index contributed by atoms with van der Waals surface area (Å²) in [5, 5.41) is 0. The number of hydrogen-bond donors (Lipinski definition) is 0. The van der Waals surface area contributed by atoms with Crippen LogP contribution in [0.25, 0.3) is 0 Å². The smallest absolute Gasteiger partial charge is 0.262 e. The molecule has 1 heterocycles. The Kier molecular flexibility index (Phi) is 5.48. The first kappa shape index (κ1) is 18.8. The van der Waals surface area contributed by atoms with Gasteiger partial charge in [0.15, 0.2) is 0 Å². The van der Waals surface area contributed by atoms with Gasteiger partial charge in [-0.3, -0.25) is 4.57 Å². The van der Waals surface area contributed by atoms with Crippen molar-refractivity contribution in [2.45, 2.75) is 77.5 Å². The molecule has 25 heavy (non-hydrogen) atoms. The van der Waals surface area contributed by atoms with Crippen LogP contribution in [0, 0.1) is 5.82 Å². The fourth-order valence-corrected chi connectivity index (χ4v) is 7.67. The van der Waals surface area contributed by atoms with E-state index in [4.69, 9.17) is 0 Å². The molecule has 0 spiro atoms. The molecule has 0 radical (unpaired) electrons. The summed E-state index contributed by atoms with van der Waals surface area (Å²) in [5.41, 5.74) is 0.777. The minimum absolute atomic E-state index is 0.172. The third-order valence-electron chi connectivity index (χ3n) is 5.26. The highest BCUT2D eigenvalue weighted by atomic mass is 31.2. The largest absolute Gasteiger partial charge is 0.330 e.